The van der Waals surface area contributed by atoms with Crippen molar-refractivity contribution in [2.45, 2.75) is 25.4 Å². The van der Waals surface area contributed by atoms with E-state index in [0.29, 0.717) is 5.56 Å². The van der Waals surface area contributed by atoms with Crippen molar-refractivity contribution in [1.29, 1.82) is 0 Å². The molecule has 148 valence electrons. The van der Waals surface area contributed by atoms with Crippen LogP contribution in [0.3, 0.4) is 0 Å². The van der Waals surface area contributed by atoms with E-state index in [1.807, 2.05) is 0 Å². The van der Waals surface area contributed by atoms with Crippen LogP contribution in [0.5, 0.6) is 0 Å². The van der Waals surface area contributed by atoms with E-state index in [4.69, 9.17) is 4.74 Å². The number of H-pyrrole nitrogens is 1. The zero-order chi connectivity index (χ0) is 20.5. The molecule has 0 saturated carbocycles. The fraction of sp³-hybridized carbons (Fsp3) is 0.278. The number of nitrogens with one attached hydrogen (secondary N) is 3. The Balaban J connectivity index is 2.29. The molecule has 0 bridgehead atoms. The predicted molar refractivity (Wildman–Crippen MR) is 106 cm³/mol. The Labute approximate surface area is 165 Å². The van der Waals surface area contributed by atoms with Gasteiger partial charge in [-0.2, -0.15) is 0 Å². The second-order valence-corrected chi connectivity index (χ2v) is 6.37. The van der Waals surface area contributed by atoms with Gasteiger partial charge < -0.3 is 15.4 Å². The highest BCUT2D eigenvalue weighted by Crippen LogP contribution is 2.20. The number of aromatic nitrogens is 2. The molecule has 1 heterocycles. The van der Waals surface area contributed by atoms with E-state index in [1.54, 1.807) is 44.2 Å². The van der Waals surface area contributed by atoms with Crippen molar-refractivity contribution in [2.24, 2.45) is 0 Å². The van der Waals surface area contributed by atoms with Crippen LogP contribution >= 0.6 is 11.8 Å². The summed E-state index contributed by atoms with van der Waals surface area (Å²) in [5.41, 5.74) is -0.497. The van der Waals surface area contributed by atoms with E-state index in [2.05, 4.69) is 20.6 Å². The van der Waals surface area contributed by atoms with E-state index in [9.17, 15) is 19.2 Å². The van der Waals surface area contributed by atoms with Gasteiger partial charge in [-0.25, -0.2) is 4.98 Å². The Morgan fingerprint density at radius 3 is 2.50 bits per heavy atom. The van der Waals surface area contributed by atoms with Crippen LogP contribution in [0.25, 0.3) is 0 Å². The van der Waals surface area contributed by atoms with Gasteiger partial charge in [-0.05, 0) is 19.1 Å². The Morgan fingerprint density at radius 2 is 1.86 bits per heavy atom. The number of carbonyl (C=O) groups excluding carboxylic acids is 3. The maximum Gasteiger partial charge on any atom is 0.316 e. The molecule has 1 aromatic carbocycles. The first-order chi connectivity index (χ1) is 13.4. The molecule has 3 N–H and O–H groups in total. The predicted octanol–water partition coefficient (Wildman–Crippen LogP) is 2.03. The number of thioether (sulfide) groups is 1. The van der Waals surface area contributed by atoms with Crippen LogP contribution in [0.1, 0.15) is 30.6 Å². The largest absolute Gasteiger partial charge is 0.465 e. The molecule has 28 heavy (non-hydrogen) atoms. The van der Waals surface area contributed by atoms with Crippen molar-refractivity contribution >= 4 is 41.1 Å². The molecule has 0 radical (unpaired) electrons. The summed E-state index contributed by atoms with van der Waals surface area (Å²) in [5.74, 6) is -1.52. The number of esters is 1. The maximum absolute atomic E-state index is 12.5. The van der Waals surface area contributed by atoms with Crippen LogP contribution < -0.4 is 16.2 Å². The highest BCUT2D eigenvalue weighted by Gasteiger charge is 2.18. The number of nitrogens with zero attached hydrogens (tertiary/aromatic N) is 1. The van der Waals surface area contributed by atoms with E-state index in [1.165, 1.54) is 0 Å². The van der Waals surface area contributed by atoms with E-state index < -0.39 is 17.4 Å². The van der Waals surface area contributed by atoms with Gasteiger partial charge in [-0.1, -0.05) is 36.9 Å². The van der Waals surface area contributed by atoms with Crippen molar-refractivity contribution in [2.75, 3.05) is 23.0 Å². The number of hydrogen-bond acceptors (Lipinski definition) is 7. The molecule has 9 nitrogen and oxygen atoms in total. The lowest BCUT2D eigenvalue weighted by molar-refractivity contribution is -0.139. The first-order valence-corrected chi connectivity index (χ1v) is 9.52. The molecule has 0 aliphatic heterocycles. The third kappa shape index (κ3) is 5.95. The van der Waals surface area contributed by atoms with Gasteiger partial charge in [0, 0.05) is 12.0 Å². The highest BCUT2D eigenvalue weighted by molar-refractivity contribution is 7.99. The van der Waals surface area contributed by atoms with Crippen LogP contribution in [-0.4, -0.2) is 40.1 Å². The number of amides is 2. The zero-order valence-electron chi connectivity index (χ0n) is 15.4. The molecule has 1 aromatic heterocycles. The van der Waals surface area contributed by atoms with E-state index in [0.717, 1.165) is 11.8 Å². The molecule has 10 heteroatoms. The second-order valence-electron chi connectivity index (χ2n) is 5.41. The minimum Gasteiger partial charge on any atom is -0.465 e. The number of aromatic amines is 1. The molecule has 0 aliphatic carbocycles. The van der Waals surface area contributed by atoms with Crippen LogP contribution in [0.2, 0.25) is 0 Å². The number of carbonyl (C=O) groups is 3. The average molecular weight is 404 g/mol. The van der Waals surface area contributed by atoms with Gasteiger partial charge in [0.25, 0.3) is 11.5 Å². The molecule has 0 atom stereocenters. The fourth-order valence-electron chi connectivity index (χ4n) is 2.05. The lowest BCUT2D eigenvalue weighted by atomic mass is 10.2. The lowest BCUT2D eigenvalue weighted by Crippen LogP contribution is -2.25. The van der Waals surface area contributed by atoms with Gasteiger partial charge in [0.05, 0.1) is 12.4 Å². The van der Waals surface area contributed by atoms with Gasteiger partial charge in [0.15, 0.2) is 16.7 Å². The van der Waals surface area contributed by atoms with Crippen LogP contribution in [0.4, 0.5) is 11.5 Å². The highest BCUT2D eigenvalue weighted by atomic mass is 32.2. The summed E-state index contributed by atoms with van der Waals surface area (Å²) < 4.78 is 4.83. The van der Waals surface area contributed by atoms with Crippen molar-refractivity contribution in [3.8, 4) is 0 Å². The van der Waals surface area contributed by atoms with Gasteiger partial charge in [-0.3, -0.25) is 24.2 Å². The number of rotatable bonds is 8. The molecule has 0 saturated heterocycles. The zero-order valence-corrected chi connectivity index (χ0v) is 16.2. The molecular formula is C18H20N4O5S. The van der Waals surface area contributed by atoms with Crippen LogP contribution in [-0.2, 0) is 14.3 Å². The molecule has 2 aromatic rings. The molecular weight excluding hydrogens is 384 g/mol. The fourth-order valence-corrected chi connectivity index (χ4v) is 2.71. The minimum absolute atomic E-state index is 0.0618. The average Bonchev–Trinajstić information content (AvgIpc) is 2.69. The summed E-state index contributed by atoms with van der Waals surface area (Å²) in [6.45, 7) is 3.57. The van der Waals surface area contributed by atoms with Gasteiger partial charge >= 0.3 is 5.97 Å². The topological polar surface area (TPSA) is 130 Å². The van der Waals surface area contributed by atoms with Crippen LogP contribution in [0, 0.1) is 0 Å². The maximum atomic E-state index is 12.5. The van der Waals surface area contributed by atoms with E-state index >= 15 is 0 Å². The van der Waals surface area contributed by atoms with Gasteiger partial charge in [0.2, 0.25) is 5.91 Å². The normalized spacial score (nSPS) is 10.2. The summed E-state index contributed by atoms with van der Waals surface area (Å²) in [6, 6.07) is 8.31. The molecule has 0 unspecified atom stereocenters. The van der Waals surface area contributed by atoms with E-state index in [-0.39, 0.29) is 41.3 Å². The summed E-state index contributed by atoms with van der Waals surface area (Å²) in [4.78, 5) is 54.8. The van der Waals surface area contributed by atoms with Gasteiger partial charge in [-0.15, -0.1) is 0 Å². The van der Waals surface area contributed by atoms with Crippen molar-refractivity contribution in [3.05, 3.63) is 46.2 Å². The number of benzene rings is 1. The molecule has 0 spiro atoms. The third-order valence-electron chi connectivity index (χ3n) is 3.38. The number of ether oxygens (including phenoxy) is 1. The SMILES string of the molecule is CCOC(=O)CSc1nc(NC(=O)CC)c(NC(=O)c2ccccc2)c(=O)[nH]1. The van der Waals surface area contributed by atoms with Crippen molar-refractivity contribution in [3.63, 3.8) is 0 Å². The Morgan fingerprint density at radius 1 is 1.14 bits per heavy atom. The number of hydrogen-bond donors (Lipinski definition) is 3. The molecule has 0 fully saturated rings. The summed E-state index contributed by atoms with van der Waals surface area (Å²) in [6.07, 6.45) is 0.159. The first-order valence-electron chi connectivity index (χ1n) is 8.53. The van der Waals surface area contributed by atoms with Crippen molar-refractivity contribution < 1.29 is 19.1 Å². The number of anilines is 2. The molecule has 2 rings (SSSR count). The summed E-state index contributed by atoms with van der Waals surface area (Å²) in [7, 11) is 0. The quantitative estimate of drug-likeness (QED) is 0.349. The molecule has 2 amide bonds. The third-order valence-corrected chi connectivity index (χ3v) is 4.23. The summed E-state index contributed by atoms with van der Waals surface area (Å²) >= 11 is 0.950. The Kier molecular flexibility index (Phi) is 7.76. The van der Waals surface area contributed by atoms with Crippen molar-refractivity contribution in [1.82, 2.24) is 9.97 Å². The van der Waals surface area contributed by atoms with Gasteiger partial charge in [0.1, 0.15) is 0 Å². The summed E-state index contributed by atoms with van der Waals surface area (Å²) in [5, 5.41) is 5.09. The minimum atomic E-state index is -0.656. The van der Waals surface area contributed by atoms with Crippen LogP contribution in [0.15, 0.2) is 40.3 Å². The first kappa shape index (κ1) is 21.2. The Hall–Kier alpha value is -3.14. The monoisotopic (exact) mass is 404 g/mol. The second kappa shape index (κ2) is 10.3. The smallest absolute Gasteiger partial charge is 0.316 e. The Bertz CT molecular complexity index is 914. The standard InChI is InChI=1S/C18H20N4O5S/c1-3-12(23)19-15-14(20-16(25)11-8-6-5-7-9-11)17(26)22-18(21-15)28-10-13(24)27-4-2/h5-9H,3-4,10H2,1-2H3,(H,20,25)(H2,19,21,22,23,26). The lowest BCUT2D eigenvalue weighted by Gasteiger charge is -2.12. The molecule has 0 aliphatic rings.